The number of thioether (sulfide) groups is 1. The Morgan fingerprint density at radius 1 is 1.20 bits per heavy atom. The maximum atomic E-state index is 14.1. The number of nitrogens with one attached hydrogen (secondary N) is 3. The summed E-state index contributed by atoms with van der Waals surface area (Å²) in [5.74, 6) is 0.244. The predicted molar refractivity (Wildman–Crippen MR) is 183 cm³/mol. The molecular formula is C33H42N4O7S2. The zero-order valence-electron chi connectivity index (χ0n) is 26.5. The van der Waals surface area contributed by atoms with Crippen LogP contribution in [0.2, 0.25) is 0 Å². The molecule has 248 valence electrons. The molecule has 1 heterocycles. The van der Waals surface area contributed by atoms with Crippen LogP contribution in [0.25, 0.3) is 5.57 Å². The summed E-state index contributed by atoms with van der Waals surface area (Å²) >= 11 is 1.43. The molecule has 0 spiro atoms. The molecule has 0 bridgehead atoms. The van der Waals surface area contributed by atoms with Gasteiger partial charge in [0.2, 0.25) is 16.2 Å². The largest absolute Gasteiger partial charge is 0.497 e. The summed E-state index contributed by atoms with van der Waals surface area (Å²) < 4.78 is 30.5. The van der Waals surface area contributed by atoms with E-state index in [1.165, 1.54) is 11.8 Å². The zero-order chi connectivity index (χ0) is 33.4. The third-order valence-electron chi connectivity index (χ3n) is 7.71. The maximum absolute atomic E-state index is 14.1. The van der Waals surface area contributed by atoms with Crippen LogP contribution in [0.3, 0.4) is 0 Å². The lowest BCUT2D eigenvalue weighted by molar-refractivity contribution is -0.127. The van der Waals surface area contributed by atoms with Crippen molar-refractivity contribution in [2.24, 2.45) is 0 Å². The summed E-state index contributed by atoms with van der Waals surface area (Å²) in [5.41, 5.74) is 2.88. The van der Waals surface area contributed by atoms with Crippen molar-refractivity contribution in [2.45, 2.75) is 56.2 Å². The summed E-state index contributed by atoms with van der Waals surface area (Å²) in [6.45, 7) is 6.09. The SMILES string of the molecule is CCNc1ccccc1C1=CC=C(CN2C(=O)[C@H](NC(=O)CC(C)(C)NC[C@H](O)CO)CSc3cc(OC)ccc32)CC1=S(=O)=O. The molecule has 46 heavy (non-hydrogen) atoms. The van der Waals surface area contributed by atoms with Crippen LogP contribution in [0.1, 0.15) is 39.2 Å². The quantitative estimate of drug-likeness (QED) is 0.201. The van der Waals surface area contributed by atoms with Crippen molar-refractivity contribution < 1.29 is 33.0 Å². The number of methoxy groups -OCH3 is 1. The van der Waals surface area contributed by atoms with Crippen molar-refractivity contribution in [3.63, 3.8) is 0 Å². The molecule has 2 aliphatic rings. The van der Waals surface area contributed by atoms with Crippen molar-refractivity contribution in [3.8, 4) is 5.75 Å². The monoisotopic (exact) mass is 670 g/mol. The highest BCUT2D eigenvalue weighted by molar-refractivity contribution is 7.99. The third kappa shape index (κ3) is 8.80. The van der Waals surface area contributed by atoms with Crippen LogP contribution >= 0.6 is 11.8 Å². The number of anilines is 2. The standard InChI is InChI=1S/C33H42N4O7S2/c1-5-34-26-9-7-6-8-24(26)25-12-10-21(14-30(25)46(42)43)18-37-28-13-11-23(44-4)15-29(28)45-20-27(32(37)41)36-31(40)16-33(2,3)35-17-22(39)19-38/h6-13,15,22,27,34-35,38-39H,5,14,16-20H2,1-4H3,(H,36,40)/t22-,27+/m0/s1. The van der Waals surface area contributed by atoms with E-state index in [-0.39, 0.29) is 48.4 Å². The molecule has 1 aliphatic carbocycles. The molecule has 0 aromatic heterocycles. The Morgan fingerprint density at radius 2 is 1.96 bits per heavy atom. The van der Waals surface area contributed by atoms with Crippen LogP contribution in [-0.2, 0) is 19.9 Å². The van der Waals surface area contributed by atoms with Crippen LogP contribution in [-0.4, -0.2) is 92.1 Å². The summed E-state index contributed by atoms with van der Waals surface area (Å²) in [5, 5.41) is 28.1. The molecule has 11 nitrogen and oxygen atoms in total. The maximum Gasteiger partial charge on any atom is 0.250 e. The van der Waals surface area contributed by atoms with Crippen molar-refractivity contribution in [2.75, 3.05) is 49.3 Å². The minimum Gasteiger partial charge on any atom is -0.497 e. The van der Waals surface area contributed by atoms with Gasteiger partial charge in [0, 0.05) is 65.5 Å². The van der Waals surface area contributed by atoms with Crippen LogP contribution in [0.5, 0.6) is 5.75 Å². The Labute approximate surface area is 275 Å². The molecule has 13 heteroatoms. The molecular weight excluding hydrogens is 629 g/mol. The number of aliphatic hydroxyl groups excluding tert-OH is 2. The normalized spacial score (nSPS) is 17.3. The first-order chi connectivity index (χ1) is 22.0. The number of allylic oxidation sites excluding steroid dienone is 3. The van der Waals surface area contributed by atoms with Gasteiger partial charge in [0.15, 0.2) is 0 Å². The van der Waals surface area contributed by atoms with Crippen molar-refractivity contribution in [1.82, 2.24) is 10.6 Å². The highest BCUT2D eigenvalue weighted by Crippen LogP contribution is 2.38. The number of hydrogen-bond acceptors (Lipinski definition) is 10. The minimum atomic E-state index is -2.50. The van der Waals surface area contributed by atoms with Crippen LogP contribution < -0.4 is 25.6 Å². The predicted octanol–water partition coefficient (Wildman–Crippen LogP) is 2.63. The first-order valence-corrected chi connectivity index (χ1v) is 17.2. The number of benzene rings is 2. The Kier molecular flexibility index (Phi) is 12.1. The number of rotatable bonds is 13. The Morgan fingerprint density at radius 3 is 2.65 bits per heavy atom. The van der Waals surface area contributed by atoms with Crippen molar-refractivity contribution in [3.05, 3.63) is 65.8 Å². The molecule has 0 saturated heterocycles. The lowest BCUT2D eigenvalue weighted by atomic mass is 9.91. The summed E-state index contributed by atoms with van der Waals surface area (Å²) in [6, 6.07) is 12.1. The van der Waals surface area contributed by atoms with E-state index in [1.54, 1.807) is 44.1 Å². The molecule has 2 aromatic carbocycles. The van der Waals surface area contributed by atoms with Crippen LogP contribution in [0.4, 0.5) is 11.4 Å². The fourth-order valence-corrected chi connectivity index (χ4v) is 7.12. The second-order valence-electron chi connectivity index (χ2n) is 11.8. The lowest BCUT2D eigenvalue weighted by Gasteiger charge is -2.30. The van der Waals surface area contributed by atoms with E-state index >= 15 is 0 Å². The highest BCUT2D eigenvalue weighted by Gasteiger charge is 2.34. The number of amides is 2. The van der Waals surface area contributed by atoms with Gasteiger partial charge in [0.05, 0.1) is 30.4 Å². The zero-order valence-corrected chi connectivity index (χ0v) is 28.1. The number of nitrogens with zero attached hydrogens (tertiary/aromatic N) is 1. The number of ether oxygens (including phenoxy) is 1. The fourth-order valence-electron chi connectivity index (χ4n) is 5.36. The second kappa shape index (κ2) is 15.8. The number of fused-ring (bicyclic) bond motifs is 1. The first-order valence-electron chi connectivity index (χ1n) is 15.1. The average molecular weight is 671 g/mol. The third-order valence-corrected chi connectivity index (χ3v) is 9.62. The molecule has 0 unspecified atom stereocenters. The van der Waals surface area contributed by atoms with E-state index in [2.05, 4.69) is 16.0 Å². The van der Waals surface area contributed by atoms with Gasteiger partial charge in [0.25, 0.3) is 5.91 Å². The van der Waals surface area contributed by atoms with Crippen LogP contribution in [0, 0.1) is 0 Å². The van der Waals surface area contributed by atoms with E-state index in [9.17, 15) is 23.1 Å². The van der Waals surface area contributed by atoms with Gasteiger partial charge in [-0.3, -0.25) is 9.59 Å². The molecule has 4 rings (SSSR count). The van der Waals surface area contributed by atoms with E-state index in [4.69, 9.17) is 9.84 Å². The first kappa shape index (κ1) is 35.2. The lowest BCUT2D eigenvalue weighted by Crippen LogP contribution is -2.53. The minimum absolute atomic E-state index is 0.0289. The molecule has 2 amide bonds. The van der Waals surface area contributed by atoms with E-state index in [0.717, 1.165) is 21.7 Å². The number of hydrogen-bond donors (Lipinski definition) is 5. The topological polar surface area (TPSA) is 157 Å². The van der Waals surface area contributed by atoms with Gasteiger partial charge in [-0.05, 0) is 50.6 Å². The summed E-state index contributed by atoms with van der Waals surface area (Å²) in [6.07, 6.45) is 2.85. The molecule has 5 N–H and O–H groups in total. The molecule has 2 aromatic rings. The molecule has 0 radical (unpaired) electrons. The number of carbonyl (C=O) groups excluding carboxylic acids is 2. The van der Waals surface area contributed by atoms with Gasteiger partial charge in [-0.1, -0.05) is 30.4 Å². The number of para-hydroxylation sites is 1. The number of carbonyl (C=O) groups is 2. The van der Waals surface area contributed by atoms with Crippen molar-refractivity contribution in [1.29, 1.82) is 0 Å². The van der Waals surface area contributed by atoms with Crippen LogP contribution in [0.15, 0.2) is 65.1 Å². The van der Waals surface area contributed by atoms with Gasteiger partial charge in [0.1, 0.15) is 11.8 Å². The van der Waals surface area contributed by atoms with Gasteiger partial charge >= 0.3 is 0 Å². The van der Waals surface area contributed by atoms with Gasteiger partial charge < -0.3 is 35.8 Å². The summed E-state index contributed by atoms with van der Waals surface area (Å²) in [4.78, 5) is 29.9. The smallest absolute Gasteiger partial charge is 0.250 e. The number of β-amino-alcohol motifs (C(OH)–C–C–N with tert-alkyl or cyclic N) is 1. The van der Waals surface area contributed by atoms with E-state index in [1.807, 2.05) is 43.3 Å². The number of aliphatic hydroxyl groups is 2. The Bertz CT molecular complexity index is 1640. The average Bonchev–Trinajstić information content (AvgIpc) is 3.15. The highest BCUT2D eigenvalue weighted by atomic mass is 32.2. The van der Waals surface area contributed by atoms with Gasteiger partial charge in [-0.25, -0.2) is 0 Å². The fraction of sp³-hybridized carbons (Fsp3) is 0.424. The summed E-state index contributed by atoms with van der Waals surface area (Å²) in [7, 11) is -0.936. The second-order valence-corrected chi connectivity index (χ2v) is 13.8. The van der Waals surface area contributed by atoms with E-state index < -0.39 is 34.6 Å². The Balaban J connectivity index is 1.63. The van der Waals surface area contributed by atoms with Crippen molar-refractivity contribution >= 4 is 55.7 Å². The molecule has 1 aliphatic heterocycles. The molecule has 0 fully saturated rings. The molecule has 0 saturated carbocycles. The Hall–Kier alpha value is -3.62. The van der Waals surface area contributed by atoms with Gasteiger partial charge in [-0.2, -0.15) is 8.42 Å². The molecule has 2 atom stereocenters. The van der Waals surface area contributed by atoms with Gasteiger partial charge in [-0.15, -0.1) is 11.8 Å². The van der Waals surface area contributed by atoms with E-state index in [0.29, 0.717) is 23.6 Å².